The van der Waals surface area contributed by atoms with Crippen molar-refractivity contribution >= 4 is 23.3 Å². The van der Waals surface area contributed by atoms with Gasteiger partial charge in [-0.3, -0.25) is 4.79 Å². The minimum Gasteiger partial charge on any atom is -0.352 e. The second-order valence-corrected chi connectivity index (χ2v) is 5.73. The molecule has 1 aliphatic heterocycles. The van der Waals surface area contributed by atoms with Gasteiger partial charge < -0.3 is 9.80 Å². The van der Waals surface area contributed by atoms with Crippen molar-refractivity contribution in [3.8, 4) is 6.07 Å². The van der Waals surface area contributed by atoms with Crippen LogP contribution >= 0.6 is 11.6 Å². The Kier molecular flexibility index (Phi) is 4.15. The number of aromatic nitrogens is 1. The van der Waals surface area contributed by atoms with E-state index in [0.717, 1.165) is 5.82 Å². The fraction of sp³-hybridized carbons (Fsp3) is 0.500. The van der Waals surface area contributed by atoms with Crippen LogP contribution in [0.5, 0.6) is 0 Å². The van der Waals surface area contributed by atoms with Crippen LogP contribution < -0.4 is 4.90 Å². The summed E-state index contributed by atoms with van der Waals surface area (Å²) in [6, 6.07) is 5.65. The lowest BCUT2D eigenvalue weighted by Crippen LogP contribution is -2.52. The maximum Gasteiger partial charge on any atom is 0.242 e. The van der Waals surface area contributed by atoms with Gasteiger partial charge in [-0.2, -0.15) is 5.26 Å². The van der Waals surface area contributed by atoms with Gasteiger partial charge in [0.2, 0.25) is 5.91 Å². The number of carbonyl (C=O) groups excluding carboxylic acids is 1. The number of amides is 1. The molecule has 1 amide bonds. The molecule has 6 heteroatoms. The van der Waals surface area contributed by atoms with E-state index in [-0.39, 0.29) is 5.91 Å². The van der Waals surface area contributed by atoms with Gasteiger partial charge in [-0.05, 0) is 26.0 Å². The summed E-state index contributed by atoms with van der Waals surface area (Å²) in [5, 5.41) is 9.64. The normalized spacial score (nSPS) is 15.9. The molecule has 0 saturated carbocycles. The minimum atomic E-state index is -0.967. The van der Waals surface area contributed by atoms with Crippen molar-refractivity contribution < 1.29 is 4.79 Å². The third-order valence-corrected chi connectivity index (χ3v) is 3.71. The maximum absolute atomic E-state index is 12.2. The van der Waals surface area contributed by atoms with Crippen LogP contribution in [-0.2, 0) is 4.79 Å². The Morgan fingerprint density at radius 2 is 2.05 bits per heavy atom. The number of rotatable bonds is 2. The Morgan fingerprint density at radius 3 is 2.60 bits per heavy atom. The van der Waals surface area contributed by atoms with Gasteiger partial charge in [0.1, 0.15) is 11.2 Å². The van der Waals surface area contributed by atoms with E-state index in [1.165, 1.54) is 0 Å². The van der Waals surface area contributed by atoms with Crippen LogP contribution in [-0.4, -0.2) is 42.0 Å². The molecule has 106 valence electrons. The molecule has 2 rings (SSSR count). The zero-order valence-electron chi connectivity index (χ0n) is 11.6. The summed E-state index contributed by atoms with van der Waals surface area (Å²) in [6.45, 7) is 5.80. The number of halogens is 1. The summed E-state index contributed by atoms with van der Waals surface area (Å²) >= 11 is 6.12. The predicted molar refractivity (Wildman–Crippen MR) is 77.4 cm³/mol. The first-order valence-corrected chi connectivity index (χ1v) is 6.89. The average molecular weight is 293 g/mol. The summed E-state index contributed by atoms with van der Waals surface area (Å²) < 4.78 is 0. The Labute approximate surface area is 123 Å². The molecule has 1 aliphatic rings. The van der Waals surface area contributed by atoms with E-state index in [2.05, 4.69) is 16.0 Å². The van der Waals surface area contributed by atoms with Gasteiger partial charge in [0, 0.05) is 32.4 Å². The van der Waals surface area contributed by atoms with Crippen LogP contribution in [0, 0.1) is 16.7 Å². The van der Waals surface area contributed by atoms with E-state index in [0.29, 0.717) is 31.2 Å². The van der Waals surface area contributed by atoms with E-state index < -0.39 is 5.41 Å². The maximum atomic E-state index is 12.2. The van der Waals surface area contributed by atoms with Gasteiger partial charge in [-0.1, -0.05) is 11.6 Å². The molecule has 0 unspecified atom stereocenters. The third kappa shape index (κ3) is 2.86. The average Bonchev–Trinajstić information content (AvgIpc) is 2.47. The number of hydrogen-bond donors (Lipinski definition) is 0. The van der Waals surface area contributed by atoms with Crippen LogP contribution in [0.25, 0.3) is 0 Å². The molecule has 0 spiro atoms. The summed E-state index contributed by atoms with van der Waals surface area (Å²) in [6.07, 6.45) is 1.71. The van der Waals surface area contributed by atoms with E-state index in [1.54, 1.807) is 37.1 Å². The van der Waals surface area contributed by atoms with Crippen LogP contribution in [0.4, 0.5) is 5.82 Å². The Hall–Kier alpha value is -1.80. The fourth-order valence-electron chi connectivity index (χ4n) is 2.17. The van der Waals surface area contributed by atoms with Crippen molar-refractivity contribution in [2.45, 2.75) is 13.8 Å². The quantitative estimate of drug-likeness (QED) is 0.836. The molecule has 20 heavy (non-hydrogen) atoms. The number of hydrogen-bond acceptors (Lipinski definition) is 4. The minimum absolute atomic E-state index is 0.119. The molecule has 1 fully saturated rings. The molecule has 1 saturated heterocycles. The highest BCUT2D eigenvalue weighted by Gasteiger charge is 2.34. The van der Waals surface area contributed by atoms with E-state index in [1.807, 2.05) is 0 Å². The molecule has 0 N–H and O–H groups in total. The fourth-order valence-corrected chi connectivity index (χ4v) is 2.42. The van der Waals surface area contributed by atoms with Gasteiger partial charge in [0.05, 0.1) is 11.1 Å². The van der Waals surface area contributed by atoms with Gasteiger partial charge >= 0.3 is 0 Å². The number of nitriles is 1. The molecule has 5 nitrogen and oxygen atoms in total. The number of anilines is 1. The first kappa shape index (κ1) is 14.6. The summed E-state index contributed by atoms with van der Waals surface area (Å²) in [5.41, 5.74) is -0.967. The van der Waals surface area contributed by atoms with Crippen LogP contribution in [0.3, 0.4) is 0 Å². The lowest BCUT2D eigenvalue weighted by atomic mass is 9.93. The molecular formula is C14H17ClN4O. The summed E-state index contributed by atoms with van der Waals surface area (Å²) in [7, 11) is 0. The zero-order valence-corrected chi connectivity index (χ0v) is 12.4. The van der Waals surface area contributed by atoms with Crippen LogP contribution in [0.2, 0.25) is 5.02 Å². The van der Waals surface area contributed by atoms with Crippen LogP contribution in [0.1, 0.15) is 13.8 Å². The Bertz CT molecular complexity index is 544. The lowest BCUT2D eigenvalue weighted by molar-refractivity contribution is -0.137. The summed E-state index contributed by atoms with van der Waals surface area (Å²) in [4.78, 5) is 20.3. The second-order valence-electron chi connectivity index (χ2n) is 5.32. The Morgan fingerprint density at radius 1 is 1.40 bits per heavy atom. The molecule has 0 aromatic carbocycles. The van der Waals surface area contributed by atoms with Crippen molar-refractivity contribution in [3.05, 3.63) is 23.4 Å². The largest absolute Gasteiger partial charge is 0.352 e. The molecule has 2 heterocycles. The van der Waals surface area contributed by atoms with E-state index >= 15 is 0 Å². The highest BCUT2D eigenvalue weighted by molar-refractivity contribution is 6.32. The number of nitrogens with zero attached hydrogens (tertiary/aromatic N) is 4. The monoisotopic (exact) mass is 292 g/mol. The molecule has 0 radical (unpaired) electrons. The van der Waals surface area contributed by atoms with Crippen molar-refractivity contribution in [1.82, 2.24) is 9.88 Å². The number of piperazine rings is 1. The molecule has 0 atom stereocenters. The number of carbonyl (C=O) groups is 1. The van der Waals surface area contributed by atoms with Crippen molar-refractivity contribution in [2.24, 2.45) is 5.41 Å². The molecule has 1 aromatic heterocycles. The topological polar surface area (TPSA) is 60.2 Å². The molecule has 0 bridgehead atoms. The first-order valence-electron chi connectivity index (χ1n) is 6.52. The van der Waals surface area contributed by atoms with Gasteiger partial charge in [0.25, 0.3) is 0 Å². The first-order chi connectivity index (χ1) is 9.45. The van der Waals surface area contributed by atoms with Gasteiger partial charge in [-0.15, -0.1) is 0 Å². The Balaban J connectivity index is 2.02. The standard InChI is InChI=1S/C14H17ClN4O/c1-14(2,10-16)13(20)19-8-6-18(7-9-19)12-11(15)4-3-5-17-12/h3-5H,6-9H2,1-2H3. The molecule has 0 aliphatic carbocycles. The summed E-state index contributed by atoms with van der Waals surface area (Å²) in [5.74, 6) is 0.632. The van der Waals surface area contributed by atoms with Gasteiger partial charge in [-0.25, -0.2) is 4.98 Å². The van der Waals surface area contributed by atoms with E-state index in [4.69, 9.17) is 16.9 Å². The third-order valence-electron chi connectivity index (χ3n) is 3.42. The lowest BCUT2D eigenvalue weighted by Gasteiger charge is -2.37. The number of pyridine rings is 1. The predicted octanol–water partition coefficient (Wildman–Crippen LogP) is 1.93. The highest BCUT2D eigenvalue weighted by atomic mass is 35.5. The highest BCUT2D eigenvalue weighted by Crippen LogP contribution is 2.24. The van der Waals surface area contributed by atoms with Crippen molar-refractivity contribution in [3.63, 3.8) is 0 Å². The molecular weight excluding hydrogens is 276 g/mol. The van der Waals surface area contributed by atoms with Gasteiger partial charge in [0.15, 0.2) is 0 Å². The SMILES string of the molecule is CC(C)(C#N)C(=O)N1CCN(c2ncccc2Cl)CC1. The van der Waals surface area contributed by atoms with Crippen LogP contribution in [0.15, 0.2) is 18.3 Å². The smallest absolute Gasteiger partial charge is 0.242 e. The van der Waals surface area contributed by atoms with Crippen molar-refractivity contribution in [1.29, 1.82) is 5.26 Å². The zero-order chi connectivity index (χ0) is 14.8. The van der Waals surface area contributed by atoms with E-state index in [9.17, 15) is 4.79 Å². The second kappa shape index (κ2) is 5.68. The van der Waals surface area contributed by atoms with Crippen molar-refractivity contribution in [2.75, 3.05) is 31.1 Å². The molecule has 1 aromatic rings.